The molecule has 0 fully saturated rings. The van der Waals surface area contributed by atoms with Crippen molar-refractivity contribution >= 4 is 16.9 Å². The molecule has 0 aliphatic heterocycles. The molecular formula is C14H17NO2. The van der Waals surface area contributed by atoms with Crippen LogP contribution in [0.4, 0.5) is 0 Å². The first-order chi connectivity index (χ1) is 7.84. The van der Waals surface area contributed by atoms with Gasteiger partial charge < -0.3 is 9.67 Å². The summed E-state index contributed by atoms with van der Waals surface area (Å²) in [7, 11) is 2.01. The summed E-state index contributed by atoms with van der Waals surface area (Å²) in [5, 5.41) is 10.3. The third kappa shape index (κ3) is 1.71. The molecule has 0 amide bonds. The van der Waals surface area contributed by atoms with Gasteiger partial charge in [0.25, 0.3) is 0 Å². The number of hydrogen-bond acceptors (Lipinski definition) is 1. The third-order valence-electron chi connectivity index (χ3n) is 3.54. The van der Waals surface area contributed by atoms with Gasteiger partial charge in [-0.05, 0) is 44.5 Å². The van der Waals surface area contributed by atoms with Gasteiger partial charge in [0.2, 0.25) is 0 Å². The highest BCUT2D eigenvalue weighted by Gasteiger charge is 2.29. The second-order valence-electron chi connectivity index (χ2n) is 5.05. The van der Waals surface area contributed by atoms with Crippen LogP contribution in [0.2, 0.25) is 0 Å². The molecule has 1 aromatic carbocycles. The van der Waals surface area contributed by atoms with Crippen molar-refractivity contribution in [1.29, 1.82) is 0 Å². The monoisotopic (exact) mass is 231 g/mol. The Hall–Kier alpha value is -1.77. The standard InChI is InChI=1S/C14H17NO2/c1-9-7-10-8-11(14(2,3)13(16)17)5-6-12(10)15(9)4/h5-8H,1-4H3,(H,16,17). The highest BCUT2D eigenvalue weighted by molar-refractivity contribution is 5.86. The molecule has 3 nitrogen and oxygen atoms in total. The number of carbonyl (C=O) groups is 1. The molecule has 3 heteroatoms. The number of aryl methyl sites for hydroxylation is 2. The second-order valence-corrected chi connectivity index (χ2v) is 5.05. The fourth-order valence-electron chi connectivity index (χ4n) is 2.00. The molecule has 1 aromatic heterocycles. The summed E-state index contributed by atoms with van der Waals surface area (Å²) in [6.45, 7) is 5.50. The fraction of sp³-hybridized carbons (Fsp3) is 0.357. The van der Waals surface area contributed by atoms with Crippen LogP contribution in [0.3, 0.4) is 0 Å². The smallest absolute Gasteiger partial charge is 0.313 e. The van der Waals surface area contributed by atoms with Crippen LogP contribution in [0.5, 0.6) is 0 Å². The van der Waals surface area contributed by atoms with Crippen molar-refractivity contribution in [2.45, 2.75) is 26.2 Å². The Morgan fingerprint density at radius 1 is 1.29 bits per heavy atom. The van der Waals surface area contributed by atoms with Crippen LogP contribution >= 0.6 is 0 Å². The maximum atomic E-state index is 11.2. The second kappa shape index (κ2) is 3.62. The van der Waals surface area contributed by atoms with Gasteiger partial charge >= 0.3 is 5.97 Å². The first-order valence-corrected chi connectivity index (χ1v) is 5.64. The average molecular weight is 231 g/mol. The number of rotatable bonds is 2. The highest BCUT2D eigenvalue weighted by atomic mass is 16.4. The van der Waals surface area contributed by atoms with Gasteiger partial charge in [-0.25, -0.2) is 0 Å². The number of fused-ring (bicyclic) bond motifs is 1. The lowest BCUT2D eigenvalue weighted by Crippen LogP contribution is -2.28. The largest absolute Gasteiger partial charge is 0.481 e. The Morgan fingerprint density at radius 2 is 1.94 bits per heavy atom. The summed E-state index contributed by atoms with van der Waals surface area (Å²) in [5.74, 6) is -0.801. The van der Waals surface area contributed by atoms with Gasteiger partial charge in [-0.1, -0.05) is 6.07 Å². The molecule has 17 heavy (non-hydrogen) atoms. The number of hydrogen-bond donors (Lipinski definition) is 1. The number of aromatic nitrogens is 1. The van der Waals surface area contributed by atoms with E-state index in [4.69, 9.17) is 0 Å². The van der Waals surface area contributed by atoms with E-state index in [1.165, 1.54) is 5.69 Å². The molecule has 2 aromatic rings. The molecule has 1 heterocycles. The number of carboxylic acids is 1. The van der Waals surface area contributed by atoms with E-state index in [1.54, 1.807) is 13.8 Å². The molecule has 0 aliphatic rings. The summed E-state index contributed by atoms with van der Waals surface area (Å²) in [5.41, 5.74) is 2.29. The summed E-state index contributed by atoms with van der Waals surface area (Å²) < 4.78 is 2.10. The molecule has 90 valence electrons. The lowest BCUT2D eigenvalue weighted by Gasteiger charge is -2.19. The molecular weight excluding hydrogens is 214 g/mol. The molecule has 0 aliphatic carbocycles. The van der Waals surface area contributed by atoms with Crippen molar-refractivity contribution in [2.24, 2.45) is 7.05 Å². The van der Waals surface area contributed by atoms with Crippen molar-refractivity contribution < 1.29 is 9.90 Å². The fourth-order valence-corrected chi connectivity index (χ4v) is 2.00. The molecule has 0 saturated carbocycles. The van der Waals surface area contributed by atoms with Gasteiger partial charge in [0.15, 0.2) is 0 Å². The van der Waals surface area contributed by atoms with E-state index in [-0.39, 0.29) is 0 Å². The van der Waals surface area contributed by atoms with Crippen molar-refractivity contribution in [3.05, 3.63) is 35.5 Å². The molecule has 0 radical (unpaired) electrons. The molecule has 0 bridgehead atoms. The maximum absolute atomic E-state index is 11.2. The topological polar surface area (TPSA) is 42.2 Å². The van der Waals surface area contributed by atoms with Crippen LogP contribution in [0, 0.1) is 6.92 Å². The van der Waals surface area contributed by atoms with Crippen LogP contribution in [0.1, 0.15) is 25.1 Å². The summed E-state index contributed by atoms with van der Waals surface area (Å²) in [6, 6.07) is 7.94. The lowest BCUT2D eigenvalue weighted by molar-refractivity contribution is -0.142. The molecule has 0 unspecified atom stereocenters. The van der Waals surface area contributed by atoms with Crippen molar-refractivity contribution in [2.75, 3.05) is 0 Å². The minimum absolute atomic E-state index is 0.801. The highest BCUT2D eigenvalue weighted by Crippen LogP contribution is 2.28. The SMILES string of the molecule is Cc1cc2cc(C(C)(C)C(=O)O)ccc2n1C. The van der Waals surface area contributed by atoms with Gasteiger partial charge in [-0.15, -0.1) is 0 Å². The normalized spacial score (nSPS) is 12.0. The Morgan fingerprint density at radius 3 is 2.53 bits per heavy atom. The third-order valence-corrected chi connectivity index (χ3v) is 3.54. The predicted octanol–water partition coefficient (Wildman–Crippen LogP) is 2.85. The maximum Gasteiger partial charge on any atom is 0.313 e. The molecule has 0 atom stereocenters. The zero-order valence-electron chi connectivity index (χ0n) is 10.6. The number of benzene rings is 1. The zero-order valence-corrected chi connectivity index (χ0v) is 10.6. The van der Waals surface area contributed by atoms with E-state index >= 15 is 0 Å². The van der Waals surface area contributed by atoms with E-state index in [9.17, 15) is 9.90 Å². The quantitative estimate of drug-likeness (QED) is 0.863. The Kier molecular flexibility index (Phi) is 2.49. The summed E-state index contributed by atoms with van der Waals surface area (Å²) in [6.07, 6.45) is 0. The van der Waals surface area contributed by atoms with Gasteiger partial charge in [0.05, 0.1) is 5.41 Å². The van der Waals surface area contributed by atoms with Crippen LogP contribution in [0.15, 0.2) is 24.3 Å². The van der Waals surface area contributed by atoms with Gasteiger partial charge in [0, 0.05) is 23.6 Å². The van der Waals surface area contributed by atoms with Gasteiger partial charge in [-0.2, -0.15) is 0 Å². The molecule has 1 N–H and O–H groups in total. The predicted molar refractivity (Wildman–Crippen MR) is 68.3 cm³/mol. The van der Waals surface area contributed by atoms with Gasteiger partial charge in [0.1, 0.15) is 0 Å². The van der Waals surface area contributed by atoms with Crippen LogP contribution in [-0.2, 0) is 17.3 Å². The number of carboxylic acid groups (broad SMARTS) is 1. The van der Waals surface area contributed by atoms with Crippen LogP contribution < -0.4 is 0 Å². The Balaban J connectivity index is 2.63. The van der Waals surface area contributed by atoms with Crippen LogP contribution in [0.25, 0.3) is 10.9 Å². The van der Waals surface area contributed by atoms with E-state index in [1.807, 2.05) is 32.2 Å². The molecule has 0 spiro atoms. The van der Waals surface area contributed by atoms with E-state index in [2.05, 4.69) is 10.6 Å². The molecule has 2 rings (SSSR count). The summed E-state index contributed by atoms with van der Waals surface area (Å²) >= 11 is 0. The lowest BCUT2D eigenvalue weighted by atomic mass is 9.84. The number of aliphatic carboxylic acids is 1. The Labute approximate surface area is 101 Å². The van der Waals surface area contributed by atoms with Crippen molar-refractivity contribution in [3.63, 3.8) is 0 Å². The van der Waals surface area contributed by atoms with E-state index in [0.29, 0.717) is 0 Å². The first kappa shape index (κ1) is 11.7. The average Bonchev–Trinajstić information content (AvgIpc) is 2.54. The minimum Gasteiger partial charge on any atom is -0.481 e. The van der Waals surface area contributed by atoms with E-state index < -0.39 is 11.4 Å². The summed E-state index contributed by atoms with van der Waals surface area (Å²) in [4.78, 5) is 11.2. The minimum atomic E-state index is -0.849. The molecule has 0 saturated heterocycles. The van der Waals surface area contributed by atoms with Crippen molar-refractivity contribution in [3.8, 4) is 0 Å². The van der Waals surface area contributed by atoms with Crippen LogP contribution in [-0.4, -0.2) is 15.6 Å². The zero-order chi connectivity index (χ0) is 12.8. The van der Waals surface area contributed by atoms with E-state index in [0.717, 1.165) is 16.5 Å². The Bertz CT molecular complexity index is 594. The van der Waals surface area contributed by atoms with Gasteiger partial charge in [-0.3, -0.25) is 4.79 Å². The number of nitrogens with zero attached hydrogens (tertiary/aromatic N) is 1. The first-order valence-electron chi connectivity index (χ1n) is 5.64. The van der Waals surface area contributed by atoms with Crippen molar-refractivity contribution in [1.82, 2.24) is 4.57 Å².